The molecule has 1 spiro atoms. The van der Waals surface area contributed by atoms with E-state index in [1.54, 1.807) is 0 Å². The second-order valence-corrected chi connectivity index (χ2v) is 6.94. The Balaban J connectivity index is 2.07. The van der Waals surface area contributed by atoms with E-state index in [0.29, 0.717) is 5.70 Å². The molecule has 0 atom stereocenters. The van der Waals surface area contributed by atoms with E-state index in [-0.39, 0.29) is 17.5 Å². The number of amides is 2. The van der Waals surface area contributed by atoms with E-state index in [1.165, 1.54) is 5.56 Å². The number of hydrogen-bond donors (Lipinski definition) is 2. The first-order valence-electron chi connectivity index (χ1n) is 8.36. The number of nitrogens with zero attached hydrogens (tertiary/aromatic N) is 1. The quantitative estimate of drug-likeness (QED) is 0.874. The summed E-state index contributed by atoms with van der Waals surface area (Å²) < 4.78 is 0. The summed E-state index contributed by atoms with van der Waals surface area (Å²) in [5, 5.41) is 15.6. The third-order valence-electron chi connectivity index (χ3n) is 4.93. The number of carbonyl (C=O) groups is 1. The van der Waals surface area contributed by atoms with Crippen molar-refractivity contribution in [3.8, 4) is 6.07 Å². The Morgan fingerprint density at radius 3 is 2.61 bits per heavy atom. The van der Waals surface area contributed by atoms with Crippen LogP contribution in [-0.4, -0.2) is 12.1 Å². The van der Waals surface area contributed by atoms with Gasteiger partial charge < -0.3 is 10.6 Å². The monoisotopic (exact) mass is 309 g/mol. The molecule has 3 rings (SSSR count). The molecular formula is C19H23N3O. The van der Waals surface area contributed by atoms with Crippen LogP contribution in [0.15, 0.2) is 29.8 Å². The van der Waals surface area contributed by atoms with Crippen molar-refractivity contribution < 1.29 is 4.79 Å². The summed E-state index contributed by atoms with van der Waals surface area (Å²) in [7, 11) is 0. The van der Waals surface area contributed by atoms with E-state index in [1.807, 2.05) is 32.0 Å². The van der Waals surface area contributed by atoms with Crippen LogP contribution in [0.25, 0.3) is 5.70 Å². The van der Waals surface area contributed by atoms with Crippen LogP contribution in [0.5, 0.6) is 0 Å². The molecule has 2 aliphatic carbocycles. The summed E-state index contributed by atoms with van der Waals surface area (Å²) in [6, 6.07) is 10.3. The fraction of sp³-hybridized carbons (Fsp3) is 0.474. The Morgan fingerprint density at radius 1 is 1.26 bits per heavy atom. The topological polar surface area (TPSA) is 64.9 Å². The molecule has 23 heavy (non-hydrogen) atoms. The molecule has 0 saturated heterocycles. The van der Waals surface area contributed by atoms with Gasteiger partial charge >= 0.3 is 6.03 Å². The highest BCUT2D eigenvalue weighted by Gasteiger charge is 2.43. The smallest absolute Gasteiger partial charge is 0.319 e. The van der Waals surface area contributed by atoms with Gasteiger partial charge in [-0.15, -0.1) is 0 Å². The predicted molar refractivity (Wildman–Crippen MR) is 90.4 cm³/mol. The van der Waals surface area contributed by atoms with E-state index in [2.05, 4.69) is 22.8 Å². The summed E-state index contributed by atoms with van der Waals surface area (Å²) >= 11 is 0. The van der Waals surface area contributed by atoms with Crippen molar-refractivity contribution in [3.63, 3.8) is 0 Å². The Labute approximate surface area is 137 Å². The number of rotatable bonds is 2. The zero-order valence-corrected chi connectivity index (χ0v) is 13.8. The van der Waals surface area contributed by atoms with Crippen LogP contribution in [0.1, 0.15) is 50.7 Å². The molecule has 0 radical (unpaired) electrons. The van der Waals surface area contributed by atoms with Crippen molar-refractivity contribution >= 4 is 11.7 Å². The van der Waals surface area contributed by atoms with Crippen LogP contribution in [0.2, 0.25) is 0 Å². The van der Waals surface area contributed by atoms with Crippen LogP contribution in [0.3, 0.4) is 0 Å². The van der Waals surface area contributed by atoms with Crippen LogP contribution in [0, 0.1) is 16.7 Å². The molecule has 1 aromatic carbocycles. The van der Waals surface area contributed by atoms with Gasteiger partial charge in [-0.3, -0.25) is 0 Å². The standard InChI is InChI=1S/C19H23N3O/c1-13(2)21-18(23)22-17-15-8-4-3-7-14(15)11-19(16(17)12-20)9-5-6-10-19/h3-4,7-8,13H,5-6,9-11H2,1-2H3,(H2,21,22,23). The van der Waals surface area contributed by atoms with E-state index in [0.717, 1.165) is 43.2 Å². The SMILES string of the molecule is CC(C)NC(=O)NC1=C(C#N)C2(CCCC2)Cc2ccccc21. The molecule has 2 amide bonds. The van der Waals surface area contributed by atoms with Crippen LogP contribution < -0.4 is 10.6 Å². The Morgan fingerprint density at radius 2 is 1.96 bits per heavy atom. The van der Waals surface area contributed by atoms with Crippen LogP contribution in [0.4, 0.5) is 4.79 Å². The number of carbonyl (C=O) groups excluding carboxylic acids is 1. The first-order chi connectivity index (χ1) is 11.1. The first-order valence-corrected chi connectivity index (χ1v) is 8.36. The predicted octanol–water partition coefficient (Wildman–Crippen LogP) is 3.75. The van der Waals surface area contributed by atoms with E-state index < -0.39 is 0 Å². The van der Waals surface area contributed by atoms with E-state index in [9.17, 15) is 10.1 Å². The molecule has 0 bridgehead atoms. The van der Waals surface area contributed by atoms with Crippen LogP contribution in [-0.2, 0) is 6.42 Å². The van der Waals surface area contributed by atoms with E-state index >= 15 is 0 Å². The van der Waals surface area contributed by atoms with Crippen molar-refractivity contribution in [2.75, 3.05) is 0 Å². The molecule has 0 unspecified atom stereocenters. The highest BCUT2D eigenvalue weighted by molar-refractivity contribution is 5.89. The van der Waals surface area contributed by atoms with Gasteiger partial charge in [-0.05, 0) is 38.7 Å². The normalized spacial score (nSPS) is 18.7. The van der Waals surface area contributed by atoms with Gasteiger partial charge in [-0.25, -0.2) is 4.79 Å². The van der Waals surface area contributed by atoms with Crippen LogP contribution >= 0.6 is 0 Å². The average molecular weight is 309 g/mol. The minimum atomic E-state index is -0.243. The molecule has 2 aliphatic rings. The summed E-state index contributed by atoms with van der Waals surface area (Å²) in [5.41, 5.74) is 3.58. The number of benzene rings is 1. The second kappa shape index (κ2) is 6.08. The lowest BCUT2D eigenvalue weighted by molar-refractivity contribution is 0.242. The Bertz CT molecular complexity index is 691. The van der Waals surface area contributed by atoms with Gasteiger partial charge in [-0.2, -0.15) is 5.26 Å². The summed E-state index contributed by atoms with van der Waals surface area (Å²) in [6.45, 7) is 3.85. The maximum Gasteiger partial charge on any atom is 0.319 e. The maximum atomic E-state index is 12.2. The van der Waals surface area contributed by atoms with E-state index in [4.69, 9.17) is 0 Å². The molecule has 0 aromatic heterocycles. The lowest BCUT2D eigenvalue weighted by Gasteiger charge is -2.36. The minimum absolute atomic E-state index is 0.0559. The van der Waals surface area contributed by atoms with Gasteiger partial charge in [0.15, 0.2) is 0 Å². The van der Waals surface area contributed by atoms with Gasteiger partial charge in [0, 0.05) is 17.0 Å². The molecule has 1 fully saturated rings. The number of allylic oxidation sites excluding steroid dienone is 1. The molecule has 0 heterocycles. The van der Waals surface area contributed by atoms with Crippen molar-refractivity contribution in [1.29, 1.82) is 5.26 Å². The second-order valence-electron chi connectivity index (χ2n) is 6.94. The van der Waals surface area contributed by atoms with Gasteiger partial charge in [-0.1, -0.05) is 37.1 Å². The number of hydrogen-bond acceptors (Lipinski definition) is 2. The molecule has 120 valence electrons. The third-order valence-corrected chi connectivity index (χ3v) is 4.93. The molecule has 1 aromatic rings. The minimum Gasteiger partial charge on any atom is -0.336 e. The van der Waals surface area contributed by atoms with Crippen molar-refractivity contribution in [2.45, 2.75) is 52.0 Å². The number of nitrogens with one attached hydrogen (secondary N) is 2. The third kappa shape index (κ3) is 2.84. The zero-order valence-electron chi connectivity index (χ0n) is 13.8. The molecule has 4 heteroatoms. The lowest BCUT2D eigenvalue weighted by atomic mass is 9.68. The molecule has 1 saturated carbocycles. The Hall–Kier alpha value is -2.28. The number of fused-ring (bicyclic) bond motifs is 1. The fourth-order valence-corrected chi connectivity index (χ4v) is 3.97. The first kappa shape index (κ1) is 15.6. The molecule has 0 aliphatic heterocycles. The molecular weight excluding hydrogens is 286 g/mol. The van der Waals surface area contributed by atoms with Crippen molar-refractivity contribution in [1.82, 2.24) is 10.6 Å². The number of urea groups is 1. The van der Waals surface area contributed by atoms with Crippen molar-refractivity contribution in [3.05, 3.63) is 41.0 Å². The van der Waals surface area contributed by atoms with Gasteiger partial charge in [0.05, 0.1) is 17.3 Å². The zero-order chi connectivity index (χ0) is 16.4. The molecule has 4 nitrogen and oxygen atoms in total. The average Bonchev–Trinajstić information content (AvgIpc) is 2.95. The highest BCUT2D eigenvalue weighted by atomic mass is 16.2. The largest absolute Gasteiger partial charge is 0.336 e. The lowest BCUT2D eigenvalue weighted by Crippen LogP contribution is -2.41. The summed E-state index contributed by atoms with van der Waals surface area (Å²) in [6.07, 6.45) is 5.27. The maximum absolute atomic E-state index is 12.2. The van der Waals surface area contributed by atoms with Crippen molar-refractivity contribution in [2.24, 2.45) is 5.41 Å². The molecule has 2 N–H and O–H groups in total. The van der Waals surface area contributed by atoms with Gasteiger partial charge in [0.25, 0.3) is 0 Å². The van der Waals surface area contributed by atoms with Gasteiger partial charge in [0.1, 0.15) is 0 Å². The van der Waals surface area contributed by atoms with Gasteiger partial charge in [0.2, 0.25) is 0 Å². The Kier molecular flexibility index (Phi) is 4.12. The summed E-state index contributed by atoms with van der Waals surface area (Å²) in [5.74, 6) is 0. The number of nitriles is 1. The summed E-state index contributed by atoms with van der Waals surface area (Å²) in [4.78, 5) is 12.2. The highest BCUT2D eigenvalue weighted by Crippen LogP contribution is 2.51. The fourth-order valence-electron chi connectivity index (χ4n) is 3.97.